The van der Waals surface area contributed by atoms with E-state index in [-0.39, 0.29) is 23.6 Å². The Bertz CT molecular complexity index is 501. The summed E-state index contributed by atoms with van der Waals surface area (Å²) < 4.78 is 11.0. The molecule has 1 aliphatic rings. The van der Waals surface area contributed by atoms with Gasteiger partial charge in [0.2, 0.25) is 0 Å². The first kappa shape index (κ1) is 15.7. The zero-order valence-electron chi connectivity index (χ0n) is 11.8. The first-order valence-electron chi connectivity index (χ1n) is 7.07. The van der Waals surface area contributed by atoms with Gasteiger partial charge in [-0.1, -0.05) is 24.4 Å². The molecule has 114 valence electrons. The largest absolute Gasteiger partial charge is 0.483 e. The summed E-state index contributed by atoms with van der Waals surface area (Å²) in [4.78, 5) is 12.0. The third-order valence-electron chi connectivity index (χ3n) is 3.31. The first-order chi connectivity index (χ1) is 10.2. The Morgan fingerprint density at radius 1 is 1.43 bits per heavy atom. The predicted octanol–water partition coefficient (Wildman–Crippen LogP) is 1.38. The van der Waals surface area contributed by atoms with Crippen molar-refractivity contribution >= 4 is 23.1 Å². The Morgan fingerprint density at radius 2 is 2.24 bits per heavy atom. The number of benzene rings is 1. The number of thiocarbonyl (C=S) groups is 1. The van der Waals surface area contributed by atoms with Gasteiger partial charge in [-0.3, -0.25) is 4.79 Å². The van der Waals surface area contributed by atoms with E-state index in [0.717, 1.165) is 25.9 Å². The van der Waals surface area contributed by atoms with Crippen molar-refractivity contribution in [1.29, 1.82) is 0 Å². The van der Waals surface area contributed by atoms with Crippen LogP contribution in [0.5, 0.6) is 5.75 Å². The standard InChI is InChI=1S/C15H20N2O3S/c16-15(21)12-6-1-2-7-13(12)20-10-14(18)17-9-11-5-3-4-8-19-11/h1-2,6-7,11H,3-5,8-10H2,(H2,16,21)(H,17,18). The van der Waals surface area contributed by atoms with Crippen molar-refractivity contribution in [3.05, 3.63) is 29.8 Å². The van der Waals surface area contributed by atoms with Crippen molar-refractivity contribution < 1.29 is 14.3 Å². The fraction of sp³-hybridized carbons (Fsp3) is 0.467. The lowest BCUT2D eigenvalue weighted by molar-refractivity contribution is -0.124. The highest BCUT2D eigenvalue weighted by Gasteiger charge is 2.15. The average molecular weight is 308 g/mol. The van der Waals surface area contributed by atoms with Gasteiger partial charge in [0, 0.05) is 13.2 Å². The molecule has 0 radical (unpaired) electrons. The molecule has 1 fully saturated rings. The number of nitrogens with one attached hydrogen (secondary N) is 1. The van der Waals surface area contributed by atoms with E-state index in [4.69, 9.17) is 27.4 Å². The Kier molecular flexibility index (Phi) is 5.95. The van der Waals surface area contributed by atoms with E-state index < -0.39 is 0 Å². The second-order valence-corrected chi connectivity index (χ2v) is 5.38. The number of rotatable bonds is 6. The SMILES string of the molecule is NC(=S)c1ccccc1OCC(=O)NCC1CCCCO1. The monoisotopic (exact) mass is 308 g/mol. The van der Waals surface area contributed by atoms with Gasteiger partial charge in [-0.15, -0.1) is 0 Å². The molecule has 1 aromatic rings. The molecular weight excluding hydrogens is 288 g/mol. The molecule has 1 atom stereocenters. The highest BCUT2D eigenvalue weighted by Crippen LogP contribution is 2.17. The summed E-state index contributed by atoms with van der Waals surface area (Å²) in [7, 11) is 0. The summed E-state index contributed by atoms with van der Waals surface area (Å²) in [6, 6.07) is 7.14. The number of hydrogen-bond donors (Lipinski definition) is 2. The van der Waals surface area contributed by atoms with Crippen LogP contribution in [0.2, 0.25) is 0 Å². The number of hydrogen-bond acceptors (Lipinski definition) is 4. The van der Waals surface area contributed by atoms with Crippen LogP contribution in [0, 0.1) is 0 Å². The summed E-state index contributed by atoms with van der Waals surface area (Å²) >= 11 is 4.95. The van der Waals surface area contributed by atoms with Crippen LogP contribution in [0.25, 0.3) is 0 Å². The number of carbonyl (C=O) groups excluding carboxylic acids is 1. The van der Waals surface area contributed by atoms with Gasteiger partial charge in [0.15, 0.2) is 6.61 Å². The fourth-order valence-corrected chi connectivity index (χ4v) is 2.36. The quantitative estimate of drug-likeness (QED) is 0.777. The lowest BCUT2D eigenvalue weighted by Gasteiger charge is -2.22. The lowest BCUT2D eigenvalue weighted by Crippen LogP contribution is -2.37. The second kappa shape index (κ2) is 7.95. The third-order valence-corrected chi connectivity index (χ3v) is 3.53. The van der Waals surface area contributed by atoms with E-state index >= 15 is 0 Å². The van der Waals surface area contributed by atoms with Crippen molar-refractivity contribution in [2.75, 3.05) is 19.8 Å². The van der Waals surface area contributed by atoms with Crippen LogP contribution >= 0.6 is 12.2 Å². The number of carbonyl (C=O) groups is 1. The first-order valence-corrected chi connectivity index (χ1v) is 7.47. The van der Waals surface area contributed by atoms with Crippen molar-refractivity contribution in [3.8, 4) is 5.75 Å². The number of nitrogens with two attached hydrogens (primary N) is 1. The van der Waals surface area contributed by atoms with Gasteiger partial charge in [-0.2, -0.15) is 0 Å². The fourth-order valence-electron chi connectivity index (χ4n) is 2.19. The minimum absolute atomic E-state index is 0.0631. The van der Waals surface area contributed by atoms with Crippen molar-refractivity contribution in [2.45, 2.75) is 25.4 Å². The molecule has 1 saturated heterocycles. The zero-order valence-corrected chi connectivity index (χ0v) is 12.7. The predicted molar refractivity (Wildman–Crippen MR) is 84.4 cm³/mol. The van der Waals surface area contributed by atoms with Gasteiger partial charge in [0.1, 0.15) is 10.7 Å². The molecule has 5 nitrogen and oxygen atoms in total. The molecule has 0 aliphatic carbocycles. The highest BCUT2D eigenvalue weighted by atomic mass is 32.1. The van der Waals surface area contributed by atoms with Crippen LogP contribution in [-0.4, -0.2) is 36.8 Å². The highest BCUT2D eigenvalue weighted by molar-refractivity contribution is 7.80. The molecule has 1 aromatic carbocycles. The molecule has 0 saturated carbocycles. The molecule has 6 heteroatoms. The molecule has 3 N–H and O–H groups in total. The Morgan fingerprint density at radius 3 is 2.95 bits per heavy atom. The molecule has 0 spiro atoms. The minimum Gasteiger partial charge on any atom is -0.483 e. The summed E-state index contributed by atoms with van der Waals surface area (Å²) in [5.41, 5.74) is 6.25. The topological polar surface area (TPSA) is 73.6 Å². The van der Waals surface area contributed by atoms with Gasteiger partial charge in [-0.05, 0) is 31.4 Å². The Labute approximate surface area is 129 Å². The summed E-state index contributed by atoms with van der Waals surface area (Å²) in [5.74, 6) is 0.344. The van der Waals surface area contributed by atoms with Crippen molar-refractivity contribution in [3.63, 3.8) is 0 Å². The summed E-state index contributed by atoms with van der Waals surface area (Å²) in [5, 5.41) is 2.82. The van der Waals surface area contributed by atoms with Crippen LogP contribution in [0.1, 0.15) is 24.8 Å². The summed E-state index contributed by atoms with van der Waals surface area (Å²) in [6.45, 7) is 1.24. The zero-order chi connectivity index (χ0) is 15.1. The van der Waals surface area contributed by atoms with E-state index in [2.05, 4.69) is 5.32 Å². The van der Waals surface area contributed by atoms with Gasteiger partial charge >= 0.3 is 0 Å². The smallest absolute Gasteiger partial charge is 0.258 e. The van der Waals surface area contributed by atoms with Crippen LogP contribution in [0.15, 0.2) is 24.3 Å². The van der Waals surface area contributed by atoms with Crippen molar-refractivity contribution in [1.82, 2.24) is 5.32 Å². The maximum atomic E-state index is 11.8. The molecule has 21 heavy (non-hydrogen) atoms. The maximum absolute atomic E-state index is 11.8. The van der Waals surface area contributed by atoms with Gasteiger partial charge < -0.3 is 20.5 Å². The molecular formula is C15H20N2O3S. The van der Waals surface area contributed by atoms with Crippen LogP contribution in [-0.2, 0) is 9.53 Å². The maximum Gasteiger partial charge on any atom is 0.258 e. The molecule has 1 amide bonds. The van der Waals surface area contributed by atoms with E-state index in [1.54, 1.807) is 12.1 Å². The minimum atomic E-state index is -0.179. The van der Waals surface area contributed by atoms with Crippen LogP contribution in [0.4, 0.5) is 0 Å². The van der Waals surface area contributed by atoms with E-state index in [9.17, 15) is 4.79 Å². The molecule has 1 aliphatic heterocycles. The normalized spacial score (nSPS) is 18.0. The summed E-state index contributed by atoms with van der Waals surface area (Å²) in [6.07, 6.45) is 3.36. The molecule has 1 heterocycles. The number of amides is 1. The van der Waals surface area contributed by atoms with Crippen molar-refractivity contribution in [2.24, 2.45) is 5.73 Å². The molecule has 2 rings (SSSR count). The molecule has 0 bridgehead atoms. The van der Waals surface area contributed by atoms with Crippen LogP contribution < -0.4 is 15.8 Å². The third kappa shape index (κ3) is 4.99. The van der Waals surface area contributed by atoms with E-state index in [0.29, 0.717) is 17.9 Å². The number of para-hydroxylation sites is 1. The van der Waals surface area contributed by atoms with Crippen LogP contribution in [0.3, 0.4) is 0 Å². The molecule has 0 aromatic heterocycles. The lowest BCUT2D eigenvalue weighted by atomic mass is 10.1. The van der Waals surface area contributed by atoms with E-state index in [1.807, 2.05) is 12.1 Å². The average Bonchev–Trinajstić information content (AvgIpc) is 2.52. The van der Waals surface area contributed by atoms with Gasteiger partial charge in [0.25, 0.3) is 5.91 Å². The second-order valence-electron chi connectivity index (χ2n) is 4.94. The number of ether oxygens (including phenoxy) is 2. The van der Waals surface area contributed by atoms with Gasteiger partial charge in [0.05, 0.1) is 11.7 Å². The Balaban J connectivity index is 1.77. The van der Waals surface area contributed by atoms with E-state index in [1.165, 1.54) is 0 Å². The Hall–Kier alpha value is -1.66. The van der Waals surface area contributed by atoms with Gasteiger partial charge in [-0.25, -0.2) is 0 Å². The molecule has 1 unspecified atom stereocenters.